The lowest BCUT2D eigenvalue weighted by Crippen LogP contribution is -2.50. The van der Waals surface area contributed by atoms with Gasteiger partial charge in [-0.05, 0) is 24.1 Å². The number of halogens is 1. The quantitative estimate of drug-likeness (QED) is 0.901. The van der Waals surface area contributed by atoms with E-state index in [-0.39, 0.29) is 6.04 Å². The molecule has 0 bridgehead atoms. The van der Waals surface area contributed by atoms with Crippen LogP contribution in [0.15, 0.2) is 18.2 Å². The molecule has 2 rings (SSSR count). The van der Waals surface area contributed by atoms with Gasteiger partial charge in [-0.15, -0.1) is 0 Å². The van der Waals surface area contributed by atoms with E-state index in [1.54, 1.807) is 0 Å². The molecule has 21 heavy (non-hydrogen) atoms. The summed E-state index contributed by atoms with van der Waals surface area (Å²) in [5, 5.41) is 0.737. The topological polar surface area (TPSA) is 66.6 Å². The van der Waals surface area contributed by atoms with E-state index in [0.717, 1.165) is 16.1 Å². The maximum atomic E-state index is 11.5. The SMILES string of the molecule is Cc1ccc(C(CN)N2CCN(S(C)(=O)=O)CC2)cc1Cl. The molecule has 1 atom stereocenters. The molecule has 0 radical (unpaired) electrons. The summed E-state index contributed by atoms with van der Waals surface area (Å²) in [6, 6.07) is 6.07. The fourth-order valence-electron chi connectivity index (χ4n) is 2.66. The van der Waals surface area contributed by atoms with Crippen molar-refractivity contribution in [2.75, 3.05) is 39.0 Å². The first kappa shape index (κ1) is 16.7. The fourth-order valence-corrected chi connectivity index (χ4v) is 3.67. The van der Waals surface area contributed by atoms with Crippen LogP contribution in [-0.2, 0) is 10.0 Å². The molecule has 0 amide bonds. The van der Waals surface area contributed by atoms with E-state index in [4.69, 9.17) is 17.3 Å². The van der Waals surface area contributed by atoms with Crippen molar-refractivity contribution in [3.63, 3.8) is 0 Å². The van der Waals surface area contributed by atoms with Crippen LogP contribution < -0.4 is 5.73 Å². The van der Waals surface area contributed by atoms with E-state index in [1.807, 2.05) is 25.1 Å². The van der Waals surface area contributed by atoms with Crippen LogP contribution in [0.5, 0.6) is 0 Å². The number of sulfonamides is 1. The minimum Gasteiger partial charge on any atom is -0.329 e. The normalized spacial score (nSPS) is 19.6. The second-order valence-corrected chi connectivity index (χ2v) is 7.85. The highest BCUT2D eigenvalue weighted by molar-refractivity contribution is 7.88. The van der Waals surface area contributed by atoms with Crippen molar-refractivity contribution >= 4 is 21.6 Å². The van der Waals surface area contributed by atoms with Gasteiger partial charge in [-0.2, -0.15) is 4.31 Å². The van der Waals surface area contributed by atoms with Crippen LogP contribution >= 0.6 is 11.6 Å². The van der Waals surface area contributed by atoms with Gasteiger partial charge < -0.3 is 5.73 Å². The van der Waals surface area contributed by atoms with Gasteiger partial charge in [0.1, 0.15) is 0 Å². The third-order valence-corrected chi connectivity index (χ3v) is 5.70. The molecular weight excluding hydrogens is 310 g/mol. The molecule has 0 spiro atoms. The Bertz CT molecular complexity index is 598. The lowest BCUT2D eigenvalue weighted by molar-refractivity contribution is 0.140. The standard InChI is InChI=1S/C14H22ClN3O2S/c1-11-3-4-12(9-13(11)15)14(10-16)17-5-7-18(8-6-17)21(2,19)20/h3-4,9,14H,5-8,10,16H2,1-2H3. The molecule has 7 heteroatoms. The Labute approximate surface area is 131 Å². The zero-order valence-corrected chi connectivity index (χ0v) is 14.0. The zero-order valence-electron chi connectivity index (χ0n) is 12.4. The van der Waals surface area contributed by atoms with Crippen LogP contribution in [0.2, 0.25) is 5.02 Å². The number of benzene rings is 1. The number of nitrogens with zero attached hydrogens (tertiary/aromatic N) is 2. The Morgan fingerprint density at radius 3 is 2.38 bits per heavy atom. The molecule has 1 saturated heterocycles. The summed E-state index contributed by atoms with van der Waals surface area (Å²) in [5.74, 6) is 0. The smallest absolute Gasteiger partial charge is 0.211 e. The lowest BCUT2D eigenvalue weighted by Gasteiger charge is -2.38. The number of aryl methyl sites for hydroxylation is 1. The maximum absolute atomic E-state index is 11.5. The predicted molar refractivity (Wildman–Crippen MR) is 86.0 cm³/mol. The highest BCUT2D eigenvalue weighted by Gasteiger charge is 2.27. The van der Waals surface area contributed by atoms with Crippen molar-refractivity contribution < 1.29 is 8.42 Å². The minimum atomic E-state index is -3.10. The van der Waals surface area contributed by atoms with Crippen molar-refractivity contribution in [3.8, 4) is 0 Å². The van der Waals surface area contributed by atoms with E-state index in [9.17, 15) is 8.42 Å². The highest BCUT2D eigenvalue weighted by Crippen LogP contribution is 2.26. The van der Waals surface area contributed by atoms with Gasteiger partial charge in [0.25, 0.3) is 0 Å². The van der Waals surface area contributed by atoms with Gasteiger partial charge in [-0.25, -0.2) is 8.42 Å². The molecule has 1 aromatic rings. The average molecular weight is 332 g/mol. The largest absolute Gasteiger partial charge is 0.329 e. The molecule has 1 unspecified atom stereocenters. The Hall–Kier alpha value is -0.660. The van der Waals surface area contributed by atoms with E-state index < -0.39 is 10.0 Å². The van der Waals surface area contributed by atoms with Gasteiger partial charge in [0, 0.05) is 43.8 Å². The Morgan fingerprint density at radius 1 is 1.29 bits per heavy atom. The molecule has 1 aromatic carbocycles. The first-order chi connectivity index (χ1) is 9.82. The molecule has 0 saturated carbocycles. The van der Waals surface area contributed by atoms with E-state index >= 15 is 0 Å². The van der Waals surface area contributed by atoms with Crippen LogP contribution in [0, 0.1) is 6.92 Å². The summed E-state index contributed by atoms with van der Waals surface area (Å²) in [7, 11) is -3.10. The van der Waals surface area contributed by atoms with Gasteiger partial charge in [-0.3, -0.25) is 4.90 Å². The van der Waals surface area contributed by atoms with E-state index in [0.29, 0.717) is 32.7 Å². The average Bonchev–Trinajstić information content (AvgIpc) is 2.43. The molecule has 5 nitrogen and oxygen atoms in total. The van der Waals surface area contributed by atoms with Crippen molar-refractivity contribution in [3.05, 3.63) is 34.3 Å². The second kappa shape index (κ2) is 6.62. The number of nitrogens with two attached hydrogens (primary N) is 1. The van der Waals surface area contributed by atoms with Gasteiger partial charge in [0.2, 0.25) is 10.0 Å². The van der Waals surface area contributed by atoms with Crippen molar-refractivity contribution in [2.45, 2.75) is 13.0 Å². The highest BCUT2D eigenvalue weighted by atomic mass is 35.5. The molecule has 1 aliphatic rings. The monoisotopic (exact) mass is 331 g/mol. The van der Waals surface area contributed by atoms with Gasteiger partial charge in [-0.1, -0.05) is 23.7 Å². The first-order valence-corrected chi connectivity index (χ1v) is 9.21. The first-order valence-electron chi connectivity index (χ1n) is 6.98. The van der Waals surface area contributed by atoms with Crippen molar-refractivity contribution in [1.29, 1.82) is 0 Å². The third-order valence-electron chi connectivity index (χ3n) is 3.99. The van der Waals surface area contributed by atoms with Crippen molar-refractivity contribution in [2.24, 2.45) is 5.73 Å². The third kappa shape index (κ3) is 3.96. The number of piperazine rings is 1. The van der Waals surface area contributed by atoms with Crippen molar-refractivity contribution in [1.82, 2.24) is 9.21 Å². The number of hydrogen-bond acceptors (Lipinski definition) is 4. The molecule has 1 heterocycles. The summed E-state index contributed by atoms with van der Waals surface area (Å²) in [5.41, 5.74) is 8.05. The van der Waals surface area contributed by atoms with Crippen LogP contribution in [0.25, 0.3) is 0 Å². The van der Waals surface area contributed by atoms with E-state index in [2.05, 4.69) is 4.90 Å². The summed E-state index contributed by atoms with van der Waals surface area (Å²) in [6.07, 6.45) is 1.25. The van der Waals surface area contributed by atoms with Crippen LogP contribution in [0.3, 0.4) is 0 Å². The van der Waals surface area contributed by atoms with E-state index in [1.165, 1.54) is 10.6 Å². The molecule has 0 aromatic heterocycles. The second-order valence-electron chi connectivity index (χ2n) is 5.46. The molecule has 2 N–H and O–H groups in total. The summed E-state index contributed by atoms with van der Waals surface area (Å²) in [4.78, 5) is 2.22. The van der Waals surface area contributed by atoms with Crippen LogP contribution in [-0.4, -0.2) is 56.6 Å². The molecule has 0 aliphatic carbocycles. The zero-order chi connectivity index (χ0) is 15.6. The molecular formula is C14H22ClN3O2S. The Balaban J connectivity index is 2.11. The van der Waals surface area contributed by atoms with Gasteiger partial charge in [0.05, 0.1) is 6.26 Å². The number of hydrogen-bond donors (Lipinski definition) is 1. The summed E-state index contributed by atoms with van der Waals surface area (Å²) < 4.78 is 24.6. The fraction of sp³-hybridized carbons (Fsp3) is 0.571. The van der Waals surface area contributed by atoms with Crippen LogP contribution in [0.4, 0.5) is 0 Å². The Morgan fingerprint density at radius 2 is 1.90 bits per heavy atom. The summed E-state index contributed by atoms with van der Waals surface area (Å²) >= 11 is 6.19. The van der Waals surface area contributed by atoms with Gasteiger partial charge >= 0.3 is 0 Å². The maximum Gasteiger partial charge on any atom is 0.211 e. The number of rotatable bonds is 4. The van der Waals surface area contributed by atoms with Gasteiger partial charge in [0.15, 0.2) is 0 Å². The minimum absolute atomic E-state index is 0.0739. The molecule has 118 valence electrons. The Kier molecular flexibility index (Phi) is 5.27. The molecule has 1 fully saturated rings. The lowest BCUT2D eigenvalue weighted by atomic mass is 10.0. The van der Waals surface area contributed by atoms with Crippen LogP contribution in [0.1, 0.15) is 17.2 Å². The summed E-state index contributed by atoms with van der Waals surface area (Å²) in [6.45, 7) is 4.83. The molecule has 1 aliphatic heterocycles. The predicted octanol–water partition coefficient (Wildman–Crippen LogP) is 1.23.